The fourth-order valence-electron chi connectivity index (χ4n) is 2.37. The molecule has 2 heterocycles. The van der Waals surface area contributed by atoms with E-state index in [1.54, 1.807) is 0 Å². The first-order chi connectivity index (χ1) is 10.6. The summed E-state index contributed by atoms with van der Waals surface area (Å²) in [5.41, 5.74) is 1.09. The van der Waals surface area contributed by atoms with Gasteiger partial charge >= 0.3 is 0 Å². The van der Waals surface area contributed by atoms with Crippen LogP contribution in [-0.4, -0.2) is 31.0 Å². The average Bonchev–Trinajstić information content (AvgIpc) is 2.51. The third-order valence-corrected chi connectivity index (χ3v) is 3.72. The summed E-state index contributed by atoms with van der Waals surface area (Å²) in [6.07, 6.45) is 1.75. The van der Waals surface area contributed by atoms with Gasteiger partial charge in [-0.15, -0.1) is 0 Å². The summed E-state index contributed by atoms with van der Waals surface area (Å²) >= 11 is 0. The molecule has 2 bridgehead atoms. The highest BCUT2D eigenvalue weighted by Crippen LogP contribution is 2.14. The molecule has 0 saturated heterocycles. The zero-order valence-electron chi connectivity index (χ0n) is 13.2. The second-order valence-corrected chi connectivity index (χ2v) is 5.93. The highest BCUT2D eigenvalue weighted by Gasteiger charge is 2.23. The van der Waals surface area contributed by atoms with Gasteiger partial charge in [-0.3, -0.25) is 9.59 Å². The molecular weight excluding hydrogens is 280 g/mol. The van der Waals surface area contributed by atoms with Gasteiger partial charge in [-0.05, 0) is 36.5 Å². The summed E-state index contributed by atoms with van der Waals surface area (Å²) in [7, 11) is 0. The lowest BCUT2D eigenvalue weighted by Gasteiger charge is -2.21. The van der Waals surface area contributed by atoms with E-state index < -0.39 is 6.04 Å². The lowest BCUT2D eigenvalue weighted by Crippen LogP contribution is -2.50. The number of carbonyl (C=O) groups is 2. The molecule has 2 N–H and O–H groups in total. The molecule has 0 fully saturated rings. The largest absolute Gasteiger partial charge is 0.494 e. The van der Waals surface area contributed by atoms with Gasteiger partial charge in [0.15, 0.2) is 0 Å². The number of fused-ring (bicyclic) bond motifs is 12. The van der Waals surface area contributed by atoms with Crippen LogP contribution in [0, 0.1) is 5.92 Å². The van der Waals surface area contributed by atoms with Crippen LogP contribution in [0.3, 0.4) is 0 Å². The van der Waals surface area contributed by atoms with Gasteiger partial charge in [0.25, 0.3) is 0 Å². The molecule has 1 atom stereocenters. The Kier molecular flexibility index (Phi) is 5.81. The molecule has 2 aliphatic rings. The van der Waals surface area contributed by atoms with Gasteiger partial charge in [-0.1, -0.05) is 26.0 Å². The molecule has 1 aromatic carbocycles. The molecule has 1 aromatic rings. The number of rotatable bonds is 1. The maximum atomic E-state index is 12.2. The van der Waals surface area contributed by atoms with Crippen molar-refractivity contribution in [1.82, 2.24) is 10.6 Å². The van der Waals surface area contributed by atoms with E-state index in [0.29, 0.717) is 26.0 Å². The monoisotopic (exact) mass is 304 g/mol. The molecule has 0 aromatic heterocycles. The Morgan fingerprint density at radius 2 is 1.86 bits per heavy atom. The smallest absolute Gasteiger partial charge is 0.242 e. The van der Waals surface area contributed by atoms with E-state index in [4.69, 9.17) is 4.74 Å². The number of hydrogen-bond acceptors (Lipinski definition) is 3. The molecule has 120 valence electrons. The number of hydrogen-bond donors (Lipinski definition) is 2. The Morgan fingerprint density at radius 3 is 2.55 bits per heavy atom. The second-order valence-electron chi connectivity index (χ2n) is 5.93. The quantitative estimate of drug-likeness (QED) is 0.829. The highest BCUT2D eigenvalue weighted by atomic mass is 16.5. The van der Waals surface area contributed by atoms with Crippen LogP contribution >= 0.6 is 0 Å². The third-order valence-electron chi connectivity index (χ3n) is 3.72. The maximum absolute atomic E-state index is 12.2. The number of ether oxygens (including phenoxy) is 1. The summed E-state index contributed by atoms with van der Waals surface area (Å²) in [6.45, 7) is 4.95. The van der Waals surface area contributed by atoms with Crippen molar-refractivity contribution in [2.45, 2.75) is 39.2 Å². The zero-order chi connectivity index (χ0) is 15.9. The first kappa shape index (κ1) is 16.3. The minimum Gasteiger partial charge on any atom is -0.494 e. The van der Waals surface area contributed by atoms with E-state index in [2.05, 4.69) is 10.6 Å². The van der Waals surface area contributed by atoms with Gasteiger partial charge in [-0.25, -0.2) is 0 Å². The molecule has 22 heavy (non-hydrogen) atoms. The van der Waals surface area contributed by atoms with Gasteiger partial charge < -0.3 is 15.4 Å². The fraction of sp³-hybridized carbons (Fsp3) is 0.529. The summed E-state index contributed by atoms with van der Waals surface area (Å²) in [5.74, 6) is 0.644. The van der Waals surface area contributed by atoms with Crippen molar-refractivity contribution in [3.8, 4) is 5.75 Å². The molecule has 0 radical (unpaired) electrons. The Labute approximate surface area is 131 Å². The van der Waals surface area contributed by atoms with Crippen LogP contribution in [0.15, 0.2) is 24.3 Å². The molecule has 0 aliphatic carbocycles. The lowest BCUT2D eigenvalue weighted by atomic mass is 10.0. The van der Waals surface area contributed by atoms with Crippen LogP contribution in [0.5, 0.6) is 5.75 Å². The first-order valence-electron chi connectivity index (χ1n) is 7.85. The van der Waals surface area contributed by atoms with Crippen LogP contribution in [0.1, 0.15) is 32.3 Å². The molecule has 5 heteroatoms. The van der Waals surface area contributed by atoms with E-state index >= 15 is 0 Å². The number of amides is 2. The fourth-order valence-corrected chi connectivity index (χ4v) is 2.37. The Bertz CT molecular complexity index is 511. The van der Waals surface area contributed by atoms with Crippen LogP contribution < -0.4 is 15.4 Å². The Balaban J connectivity index is 2.08. The van der Waals surface area contributed by atoms with Crippen molar-refractivity contribution < 1.29 is 14.3 Å². The van der Waals surface area contributed by atoms with Crippen LogP contribution in [0.25, 0.3) is 0 Å². The van der Waals surface area contributed by atoms with Crippen molar-refractivity contribution in [3.05, 3.63) is 29.8 Å². The van der Waals surface area contributed by atoms with E-state index in [1.807, 2.05) is 38.1 Å². The van der Waals surface area contributed by atoms with Gasteiger partial charge in [0.05, 0.1) is 6.61 Å². The average molecular weight is 304 g/mol. The second kappa shape index (κ2) is 7.82. The lowest BCUT2D eigenvalue weighted by molar-refractivity contribution is -0.130. The summed E-state index contributed by atoms with van der Waals surface area (Å²) in [6, 6.07) is 7.31. The van der Waals surface area contributed by atoms with Crippen molar-refractivity contribution in [2.24, 2.45) is 5.92 Å². The number of carbonyl (C=O) groups excluding carboxylic acids is 2. The molecule has 5 nitrogen and oxygen atoms in total. The SMILES string of the molecule is CC(C)C1NC(=O)CCc2ccc(cc2)OCCCNC1=O. The van der Waals surface area contributed by atoms with E-state index in [1.165, 1.54) is 0 Å². The van der Waals surface area contributed by atoms with Gasteiger partial charge in [-0.2, -0.15) is 0 Å². The number of aryl methyl sites for hydroxylation is 1. The van der Waals surface area contributed by atoms with E-state index in [-0.39, 0.29) is 17.7 Å². The molecular formula is C17H24N2O3. The summed E-state index contributed by atoms with van der Waals surface area (Å²) < 4.78 is 5.63. The third kappa shape index (κ3) is 4.76. The van der Waals surface area contributed by atoms with Gasteiger partial charge in [0.1, 0.15) is 11.8 Å². The predicted octanol–water partition coefficient (Wildman–Crippen LogP) is 1.66. The van der Waals surface area contributed by atoms with E-state index in [0.717, 1.165) is 17.7 Å². The molecule has 1 unspecified atom stereocenters. The minimum absolute atomic E-state index is 0.0507. The summed E-state index contributed by atoms with van der Waals surface area (Å²) in [5, 5.41) is 5.71. The standard InChI is InChI=1S/C17H24N2O3/c1-12(2)16-17(21)18-10-3-11-22-14-7-4-13(5-8-14)6-9-15(20)19-16/h4-5,7-8,12,16H,3,6,9-11H2,1-2H3,(H,18,21)(H,19,20). The van der Waals surface area contributed by atoms with Gasteiger partial charge in [0.2, 0.25) is 11.8 Å². The number of benzene rings is 1. The predicted molar refractivity (Wildman–Crippen MR) is 84.7 cm³/mol. The Hall–Kier alpha value is -2.04. The minimum atomic E-state index is -0.486. The Morgan fingerprint density at radius 1 is 1.14 bits per heavy atom. The topological polar surface area (TPSA) is 67.4 Å². The van der Waals surface area contributed by atoms with Crippen molar-refractivity contribution in [1.29, 1.82) is 0 Å². The van der Waals surface area contributed by atoms with Crippen LogP contribution in [0.4, 0.5) is 0 Å². The molecule has 2 amide bonds. The zero-order valence-corrected chi connectivity index (χ0v) is 13.2. The van der Waals surface area contributed by atoms with Crippen molar-refractivity contribution in [2.75, 3.05) is 13.2 Å². The van der Waals surface area contributed by atoms with Crippen molar-refractivity contribution in [3.63, 3.8) is 0 Å². The van der Waals surface area contributed by atoms with Crippen molar-refractivity contribution >= 4 is 11.8 Å². The molecule has 3 rings (SSSR count). The maximum Gasteiger partial charge on any atom is 0.242 e. The summed E-state index contributed by atoms with van der Waals surface area (Å²) in [4.78, 5) is 24.3. The van der Waals surface area contributed by atoms with Crippen LogP contribution in [0.2, 0.25) is 0 Å². The molecule has 0 saturated carbocycles. The number of nitrogens with one attached hydrogen (secondary N) is 2. The first-order valence-corrected chi connectivity index (χ1v) is 7.85. The van der Waals surface area contributed by atoms with E-state index in [9.17, 15) is 9.59 Å². The molecule has 2 aliphatic heterocycles. The van der Waals surface area contributed by atoms with Crippen LogP contribution in [-0.2, 0) is 16.0 Å². The van der Waals surface area contributed by atoms with Gasteiger partial charge in [0, 0.05) is 13.0 Å². The highest BCUT2D eigenvalue weighted by molar-refractivity contribution is 5.87. The molecule has 0 spiro atoms. The normalized spacial score (nSPS) is 20.6.